The van der Waals surface area contributed by atoms with E-state index in [1.165, 1.54) is 16.7 Å². The zero-order valence-corrected chi connectivity index (χ0v) is 31.8. The summed E-state index contributed by atoms with van der Waals surface area (Å²) in [5.41, 5.74) is 8.04. The number of carboxylic acids is 1. The van der Waals surface area contributed by atoms with E-state index in [1.807, 2.05) is 70.2 Å². The maximum Gasteiger partial charge on any atom is 0.307 e. The van der Waals surface area contributed by atoms with Gasteiger partial charge in [-0.05, 0) is 81.9 Å². The van der Waals surface area contributed by atoms with Crippen LogP contribution in [-0.4, -0.2) is 40.1 Å². The van der Waals surface area contributed by atoms with E-state index in [2.05, 4.69) is 77.2 Å². The van der Waals surface area contributed by atoms with Gasteiger partial charge < -0.3 is 14.9 Å². The predicted octanol–water partition coefficient (Wildman–Crippen LogP) is 10.1. The number of aliphatic hydroxyl groups is 1. The van der Waals surface area contributed by atoms with Gasteiger partial charge in [0.15, 0.2) is 11.9 Å². The molecule has 0 fully saturated rings. The van der Waals surface area contributed by atoms with Gasteiger partial charge in [-0.1, -0.05) is 141 Å². The Morgan fingerprint density at radius 1 is 0.720 bits per heavy atom. The average Bonchev–Trinajstić information content (AvgIpc) is 2.99. The third kappa shape index (κ3) is 13.9. The Hall–Kier alpha value is -4.29. The van der Waals surface area contributed by atoms with E-state index < -0.39 is 23.5 Å². The van der Waals surface area contributed by atoms with Crippen LogP contribution in [0.25, 0.3) is 0 Å². The molecule has 50 heavy (non-hydrogen) atoms. The van der Waals surface area contributed by atoms with E-state index in [0.29, 0.717) is 12.0 Å². The van der Waals surface area contributed by atoms with Crippen LogP contribution in [0, 0.1) is 10.8 Å². The van der Waals surface area contributed by atoms with E-state index in [1.54, 1.807) is 6.92 Å². The molecule has 270 valence electrons. The van der Waals surface area contributed by atoms with Crippen molar-refractivity contribution >= 4 is 17.7 Å². The van der Waals surface area contributed by atoms with Crippen LogP contribution in [0.3, 0.4) is 0 Å². The summed E-state index contributed by atoms with van der Waals surface area (Å²) >= 11 is 0. The summed E-state index contributed by atoms with van der Waals surface area (Å²) in [5, 5.41) is 18.9. The zero-order chi connectivity index (χ0) is 37.6. The molecule has 0 aliphatic heterocycles. The maximum atomic E-state index is 13.0. The second kappa shape index (κ2) is 19.2. The molecular formula is C44H58O6. The first kappa shape index (κ1) is 41.9. The summed E-state index contributed by atoms with van der Waals surface area (Å²) in [5.74, 6) is -1.99. The predicted molar refractivity (Wildman–Crippen MR) is 205 cm³/mol. The molecule has 6 nitrogen and oxygen atoms in total. The van der Waals surface area contributed by atoms with E-state index in [-0.39, 0.29) is 30.1 Å². The summed E-state index contributed by atoms with van der Waals surface area (Å²) in [7, 11) is 0. The van der Waals surface area contributed by atoms with E-state index in [0.717, 1.165) is 35.1 Å². The second-order valence-corrected chi connectivity index (χ2v) is 14.9. The molecule has 2 unspecified atom stereocenters. The quantitative estimate of drug-likeness (QED) is 0.140. The molecular weight excluding hydrogens is 624 g/mol. The van der Waals surface area contributed by atoms with Crippen molar-refractivity contribution in [3.8, 4) is 0 Å². The molecule has 0 aromatic rings. The number of ketones is 1. The van der Waals surface area contributed by atoms with Crippen molar-refractivity contribution in [2.24, 2.45) is 10.8 Å². The van der Waals surface area contributed by atoms with Crippen LogP contribution >= 0.6 is 0 Å². The fourth-order valence-electron chi connectivity index (χ4n) is 6.37. The number of rotatable bonds is 14. The largest absolute Gasteiger partial charge is 0.481 e. The monoisotopic (exact) mass is 682 g/mol. The average molecular weight is 683 g/mol. The number of Topliss-reactive ketones (excluding diaryl/α,β-unsaturated/α-hetero) is 1. The van der Waals surface area contributed by atoms with Crippen molar-refractivity contribution in [3.63, 3.8) is 0 Å². The molecule has 0 spiro atoms. The van der Waals surface area contributed by atoms with Crippen molar-refractivity contribution in [2.75, 3.05) is 0 Å². The fraction of sp³-hybridized carbons (Fsp3) is 0.432. The lowest BCUT2D eigenvalue weighted by Gasteiger charge is -2.36. The number of carboxylic acid groups (broad SMARTS) is 1. The van der Waals surface area contributed by atoms with Gasteiger partial charge in [-0.25, -0.2) is 0 Å². The zero-order valence-electron chi connectivity index (χ0n) is 31.8. The smallest absolute Gasteiger partial charge is 0.307 e. The van der Waals surface area contributed by atoms with Crippen LogP contribution in [0.2, 0.25) is 0 Å². The highest BCUT2D eigenvalue weighted by Crippen LogP contribution is 2.42. The van der Waals surface area contributed by atoms with Gasteiger partial charge in [0.25, 0.3) is 0 Å². The lowest BCUT2D eigenvalue weighted by Crippen LogP contribution is -2.39. The van der Waals surface area contributed by atoms with Gasteiger partial charge >= 0.3 is 11.9 Å². The molecule has 0 aromatic carbocycles. The highest BCUT2D eigenvalue weighted by molar-refractivity contribution is 6.01. The van der Waals surface area contributed by atoms with Gasteiger partial charge in [0.2, 0.25) is 0 Å². The first-order valence-corrected chi connectivity index (χ1v) is 17.5. The number of hydrogen-bond donors (Lipinski definition) is 2. The topological polar surface area (TPSA) is 101 Å². The van der Waals surface area contributed by atoms with Crippen molar-refractivity contribution in [2.45, 2.75) is 114 Å². The van der Waals surface area contributed by atoms with Crippen LogP contribution < -0.4 is 0 Å². The molecule has 0 saturated heterocycles. The number of allylic oxidation sites excluding steroid dienone is 20. The fourth-order valence-corrected chi connectivity index (χ4v) is 6.37. The van der Waals surface area contributed by atoms with Crippen molar-refractivity contribution in [1.82, 2.24) is 0 Å². The Kier molecular flexibility index (Phi) is 16.1. The van der Waals surface area contributed by atoms with Gasteiger partial charge in [-0.2, -0.15) is 0 Å². The summed E-state index contributed by atoms with van der Waals surface area (Å²) < 4.78 is 5.36. The minimum absolute atomic E-state index is 0.0222. The van der Waals surface area contributed by atoms with Crippen LogP contribution in [0.4, 0.5) is 0 Å². The molecule has 0 heterocycles. The van der Waals surface area contributed by atoms with Gasteiger partial charge in [0, 0.05) is 6.42 Å². The lowest BCUT2D eigenvalue weighted by molar-refractivity contribution is -0.157. The van der Waals surface area contributed by atoms with Gasteiger partial charge in [-0.3, -0.25) is 14.4 Å². The minimum atomic E-state index is -1.08. The normalized spacial score (nSPS) is 22.7. The van der Waals surface area contributed by atoms with Crippen molar-refractivity contribution < 1.29 is 29.3 Å². The number of carbonyl (C=O) groups excluding carboxylic acids is 2. The first-order valence-electron chi connectivity index (χ1n) is 17.5. The van der Waals surface area contributed by atoms with E-state index in [4.69, 9.17) is 9.84 Å². The number of hydrogen-bond acceptors (Lipinski definition) is 5. The Labute approximate surface area is 300 Å². The third-order valence-electron chi connectivity index (χ3n) is 9.08. The molecule has 0 amide bonds. The van der Waals surface area contributed by atoms with Crippen LogP contribution in [0.15, 0.2) is 130 Å². The first-order chi connectivity index (χ1) is 23.3. The Bertz CT molecular complexity index is 1620. The molecule has 2 N–H and O–H groups in total. The number of aliphatic carboxylic acids is 1. The highest BCUT2D eigenvalue weighted by atomic mass is 16.5. The summed E-state index contributed by atoms with van der Waals surface area (Å²) in [6, 6.07) is 0. The van der Waals surface area contributed by atoms with Crippen molar-refractivity contribution in [1.29, 1.82) is 0 Å². The molecule has 2 aliphatic rings. The number of carbonyl (C=O) groups is 3. The molecule has 6 heteroatoms. The van der Waals surface area contributed by atoms with Gasteiger partial charge in [-0.15, -0.1) is 0 Å². The van der Waals surface area contributed by atoms with Gasteiger partial charge in [0.1, 0.15) is 0 Å². The second-order valence-electron chi connectivity index (χ2n) is 14.9. The number of ether oxygens (including phenoxy) is 1. The van der Waals surface area contributed by atoms with E-state index >= 15 is 0 Å². The Morgan fingerprint density at radius 3 is 1.68 bits per heavy atom. The Morgan fingerprint density at radius 2 is 1.18 bits per heavy atom. The minimum Gasteiger partial charge on any atom is -0.481 e. The molecule has 2 rings (SSSR count). The molecule has 0 aromatic heterocycles. The molecule has 0 saturated carbocycles. The van der Waals surface area contributed by atoms with Crippen LogP contribution in [-0.2, 0) is 19.1 Å². The van der Waals surface area contributed by atoms with Crippen LogP contribution in [0.1, 0.15) is 101 Å². The highest BCUT2D eigenvalue weighted by Gasteiger charge is 2.39. The summed E-state index contributed by atoms with van der Waals surface area (Å²) in [6.07, 6.45) is 28.9. The van der Waals surface area contributed by atoms with Crippen molar-refractivity contribution in [3.05, 3.63) is 130 Å². The number of esters is 1. The standard InChI is InChI=1S/C44H58O6/c1-30(17-13-19-32(3)21-23-37-34(5)27-36(45)28-43(37,7)8)15-11-12-16-31(2)18-14-20-33(4)22-24-38-35(6)42(49)39(29-44(38,9)10)50-41(48)26-25-40(46)47/h11-24,36,39,45H,25-29H2,1-10H3,(H,46,47)/b12-11+,17-13+,18-14+,23-21+,24-22+,30-15+,31-16+,32-19+,33-20+. The Balaban J connectivity index is 1.95. The third-order valence-corrected chi connectivity index (χ3v) is 9.08. The lowest BCUT2D eigenvalue weighted by atomic mass is 9.71. The molecule has 2 aliphatic carbocycles. The SMILES string of the molecule is CC1=C(/C=C/C(C)=C/C=C/C(C)=C/C=C/C=C(C)/C=C/C=C(C)/C=C/C2=C(C)C(=O)C(OC(=O)CCC(=O)O)CC2(C)C)C(C)(C)CC(O)C1. The van der Waals surface area contributed by atoms with E-state index in [9.17, 15) is 19.5 Å². The summed E-state index contributed by atoms with van der Waals surface area (Å²) in [6.45, 7) is 20.5. The molecule has 0 bridgehead atoms. The maximum absolute atomic E-state index is 13.0. The summed E-state index contributed by atoms with van der Waals surface area (Å²) in [4.78, 5) is 35.8. The molecule has 2 atom stereocenters. The van der Waals surface area contributed by atoms with Crippen LogP contribution in [0.5, 0.6) is 0 Å². The molecule has 0 radical (unpaired) electrons. The van der Waals surface area contributed by atoms with Gasteiger partial charge in [0.05, 0.1) is 18.9 Å². The number of aliphatic hydroxyl groups excluding tert-OH is 1.